The van der Waals surface area contributed by atoms with Crippen LogP contribution in [0, 0.1) is 0 Å². The number of hydrogen-bond acceptors (Lipinski definition) is 2. The third-order valence-electron chi connectivity index (χ3n) is 1.95. The largest absolute Gasteiger partial charge is 0.478 e. The molecule has 0 saturated heterocycles. The van der Waals surface area contributed by atoms with Gasteiger partial charge in [0, 0.05) is 26.2 Å². The number of nitrogens with zero attached hydrogens (tertiary/aromatic N) is 1. The maximum absolute atomic E-state index is 11.0. The molecule has 2 N–H and O–H groups in total. The molecule has 0 atom stereocenters. The van der Waals surface area contributed by atoms with E-state index >= 15 is 0 Å². The summed E-state index contributed by atoms with van der Waals surface area (Å²) in [5.74, 6) is -1.05. The summed E-state index contributed by atoms with van der Waals surface area (Å²) in [5, 5.41) is 11.2. The average molecular weight is 275 g/mol. The van der Waals surface area contributed by atoms with Gasteiger partial charge in [0.05, 0.1) is 10.2 Å². The van der Waals surface area contributed by atoms with Crippen LogP contribution in [-0.4, -0.2) is 28.6 Å². The highest BCUT2D eigenvalue weighted by Gasteiger charge is 2.09. The smallest absolute Gasteiger partial charge is 0.337 e. The van der Waals surface area contributed by atoms with E-state index in [1.165, 1.54) is 12.3 Å². The van der Waals surface area contributed by atoms with Crippen molar-refractivity contribution in [3.8, 4) is 0 Å². The number of halogens is 1. The summed E-state index contributed by atoms with van der Waals surface area (Å²) in [6.45, 7) is 0.452. The Morgan fingerprint density at radius 2 is 2.27 bits per heavy atom. The van der Waals surface area contributed by atoms with Gasteiger partial charge in [-0.05, 0) is 22.0 Å². The standard InChI is InChI=1S/C9H11BrN2O3/c1-11-8(13)2-3-12-5-6(9(14)15)4-7(12)10/h4-5H,2-3H2,1H3,(H,11,13)(H,14,15). The first-order valence-electron chi connectivity index (χ1n) is 4.34. The Morgan fingerprint density at radius 3 is 2.73 bits per heavy atom. The first kappa shape index (κ1) is 11.8. The van der Waals surface area contributed by atoms with Crippen LogP contribution in [0.25, 0.3) is 0 Å². The number of carboxylic acid groups (broad SMARTS) is 1. The molecule has 0 aliphatic carbocycles. The van der Waals surface area contributed by atoms with E-state index in [-0.39, 0.29) is 11.5 Å². The molecule has 1 amide bonds. The van der Waals surface area contributed by atoms with Crippen molar-refractivity contribution in [3.63, 3.8) is 0 Å². The molecule has 0 aromatic carbocycles. The Hall–Kier alpha value is -1.30. The first-order valence-corrected chi connectivity index (χ1v) is 5.13. The normalized spacial score (nSPS) is 10.0. The second-order valence-corrected chi connectivity index (χ2v) is 3.79. The van der Waals surface area contributed by atoms with Crippen molar-refractivity contribution < 1.29 is 14.7 Å². The summed E-state index contributed by atoms with van der Waals surface area (Å²) in [4.78, 5) is 21.6. The molecule has 1 aromatic heterocycles. The predicted octanol–water partition coefficient (Wildman–Crippen LogP) is 1.08. The van der Waals surface area contributed by atoms with Crippen LogP contribution in [0.3, 0.4) is 0 Å². The van der Waals surface area contributed by atoms with Gasteiger partial charge in [-0.15, -0.1) is 0 Å². The molecule has 0 spiro atoms. The van der Waals surface area contributed by atoms with Gasteiger partial charge in [0.25, 0.3) is 0 Å². The molecular weight excluding hydrogens is 264 g/mol. The number of aromatic nitrogens is 1. The maximum Gasteiger partial charge on any atom is 0.337 e. The lowest BCUT2D eigenvalue weighted by Crippen LogP contribution is -2.19. The van der Waals surface area contributed by atoms with Crippen LogP contribution < -0.4 is 5.32 Å². The molecule has 0 fully saturated rings. The van der Waals surface area contributed by atoms with Crippen molar-refractivity contribution in [2.24, 2.45) is 0 Å². The van der Waals surface area contributed by atoms with E-state index in [1.54, 1.807) is 11.6 Å². The van der Waals surface area contributed by atoms with Gasteiger partial charge < -0.3 is 15.0 Å². The molecule has 5 nitrogen and oxygen atoms in total. The second-order valence-electron chi connectivity index (χ2n) is 2.97. The van der Waals surface area contributed by atoms with Crippen LogP contribution in [-0.2, 0) is 11.3 Å². The van der Waals surface area contributed by atoms with Gasteiger partial charge in [0.1, 0.15) is 0 Å². The van der Waals surface area contributed by atoms with Crippen LogP contribution in [0.15, 0.2) is 16.9 Å². The number of rotatable bonds is 4. The third kappa shape index (κ3) is 3.09. The molecule has 0 aliphatic heterocycles. The van der Waals surface area contributed by atoms with Crippen molar-refractivity contribution in [1.29, 1.82) is 0 Å². The predicted molar refractivity (Wildman–Crippen MR) is 57.8 cm³/mol. The fraction of sp³-hybridized carbons (Fsp3) is 0.333. The highest BCUT2D eigenvalue weighted by molar-refractivity contribution is 9.10. The highest BCUT2D eigenvalue weighted by Crippen LogP contribution is 2.15. The van der Waals surface area contributed by atoms with E-state index in [1.807, 2.05) is 0 Å². The van der Waals surface area contributed by atoms with Gasteiger partial charge in [-0.3, -0.25) is 4.79 Å². The number of amides is 1. The Kier molecular flexibility index (Phi) is 3.90. The zero-order chi connectivity index (χ0) is 11.4. The third-order valence-corrected chi connectivity index (χ3v) is 2.63. The van der Waals surface area contributed by atoms with Crippen LogP contribution in [0.5, 0.6) is 0 Å². The van der Waals surface area contributed by atoms with Crippen molar-refractivity contribution in [2.75, 3.05) is 7.05 Å². The lowest BCUT2D eigenvalue weighted by Gasteiger charge is -2.03. The zero-order valence-electron chi connectivity index (χ0n) is 8.16. The number of hydrogen-bond donors (Lipinski definition) is 2. The Bertz CT molecular complexity index is 387. The SMILES string of the molecule is CNC(=O)CCn1cc(C(=O)O)cc1Br. The molecule has 82 valence electrons. The summed E-state index contributed by atoms with van der Waals surface area (Å²) in [7, 11) is 1.57. The van der Waals surface area contributed by atoms with Crippen molar-refractivity contribution in [1.82, 2.24) is 9.88 Å². The van der Waals surface area contributed by atoms with Gasteiger partial charge in [-0.2, -0.15) is 0 Å². The van der Waals surface area contributed by atoms with E-state index in [2.05, 4.69) is 21.2 Å². The van der Waals surface area contributed by atoms with Gasteiger partial charge in [-0.25, -0.2) is 4.79 Å². The lowest BCUT2D eigenvalue weighted by molar-refractivity contribution is -0.120. The minimum Gasteiger partial charge on any atom is -0.478 e. The van der Waals surface area contributed by atoms with Crippen LogP contribution in [0.1, 0.15) is 16.8 Å². The first-order chi connectivity index (χ1) is 7.04. The summed E-state index contributed by atoms with van der Waals surface area (Å²) >= 11 is 3.23. The van der Waals surface area contributed by atoms with Gasteiger partial charge >= 0.3 is 5.97 Å². The summed E-state index contributed by atoms with van der Waals surface area (Å²) in [5.41, 5.74) is 0.207. The summed E-state index contributed by atoms with van der Waals surface area (Å²) in [6, 6.07) is 1.51. The van der Waals surface area contributed by atoms with Crippen molar-refractivity contribution in [3.05, 3.63) is 22.4 Å². The van der Waals surface area contributed by atoms with Crippen LogP contribution in [0.2, 0.25) is 0 Å². The van der Waals surface area contributed by atoms with Crippen molar-refractivity contribution >= 4 is 27.8 Å². The molecule has 0 aliphatic rings. The van der Waals surface area contributed by atoms with Gasteiger partial charge in [0.2, 0.25) is 5.91 Å². The maximum atomic E-state index is 11.0. The Labute approximate surface area is 95.2 Å². The lowest BCUT2D eigenvalue weighted by atomic mass is 10.3. The fourth-order valence-corrected chi connectivity index (χ4v) is 1.64. The van der Waals surface area contributed by atoms with E-state index in [0.29, 0.717) is 17.6 Å². The molecule has 6 heteroatoms. The molecule has 1 rings (SSSR count). The average Bonchev–Trinajstić information content (AvgIpc) is 2.56. The molecule has 0 unspecified atom stereocenters. The topological polar surface area (TPSA) is 71.3 Å². The summed E-state index contributed by atoms with van der Waals surface area (Å²) in [6.07, 6.45) is 1.82. The molecule has 0 saturated carbocycles. The van der Waals surface area contributed by atoms with Gasteiger partial charge in [0.15, 0.2) is 0 Å². The molecule has 15 heavy (non-hydrogen) atoms. The number of carbonyl (C=O) groups excluding carboxylic acids is 1. The number of carbonyl (C=O) groups is 2. The second kappa shape index (κ2) is 4.97. The van der Waals surface area contributed by atoms with Gasteiger partial charge in [-0.1, -0.05) is 0 Å². The van der Waals surface area contributed by atoms with Crippen LogP contribution >= 0.6 is 15.9 Å². The summed E-state index contributed by atoms with van der Waals surface area (Å²) < 4.78 is 2.34. The van der Waals surface area contributed by atoms with Crippen LogP contribution in [0.4, 0.5) is 0 Å². The minimum atomic E-state index is -0.977. The fourth-order valence-electron chi connectivity index (χ4n) is 1.11. The van der Waals surface area contributed by atoms with E-state index in [0.717, 1.165) is 0 Å². The number of carboxylic acids is 1. The van der Waals surface area contributed by atoms with E-state index in [9.17, 15) is 9.59 Å². The van der Waals surface area contributed by atoms with E-state index in [4.69, 9.17) is 5.11 Å². The minimum absolute atomic E-state index is 0.0764. The zero-order valence-corrected chi connectivity index (χ0v) is 9.74. The molecule has 0 bridgehead atoms. The van der Waals surface area contributed by atoms with Crippen molar-refractivity contribution in [2.45, 2.75) is 13.0 Å². The monoisotopic (exact) mass is 274 g/mol. The Morgan fingerprint density at radius 1 is 1.60 bits per heavy atom. The highest BCUT2D eigenvalue weighted by atomic mass is 79.9. The number of aromatic carboxylic acids is 1. The number of aryl methyl sites for hydroxylation is 1. The molecular formula is C9H11BrN2O3. The molecule has 1 aromatic rings. The van der Waals surface area contributed by atoms with E-state index < -0.39 is 5.97 Å². The molecule has 1 heterocycles. The number of nitrogens with one attached hydrogen (secondary N) is 1. The quantitative estimate of drug-likeness (QED) is 0.863. The molecule has 0 radical (unpaired) electrons. The Balaban J connectivity index is 2.69.